The highest BCUT2D eigenvalue weighted by molar-refractivity contribution is 6.25. The second-order valence-corrected chi connectivity index (χ2v) is 11.3. The summed E-state index contributed by atoms with van der Waals surface area (Å²) in [6, 6.07) is 10.6. The molecule has 39 heavy (non-hydrogen) atoms. The maximum absolute atomic E-state index is 13.3. The summed E-state index contributed by atoms with van der Waals surface area (Å²) in [6.07, 6.45) is 3.05. The molecule has 4 amide bonds. The number of piperazine rings is 1. The summed E-state index contributed by atoms with van der Waals surface area (Å²) in [5.74, 6) is -1.05. The number of hydrogen-bond acceptors (Lipinski definition) is 7. The molecule has 2 saturated heterocycles. The van der Waals surface area contributed by atoms with Crippen molar-refractivity contribution in [2.24, 2.45) is 5.92 Å². The molecule has 3 aliphatic heterocycles. The molecule has 0 aromatic heterocycles. The van der Waals surface area contributed by atoms with E-state index in [1.54, 1.807) is 18.2 Å². The molecule has 4 aliphatic rings. The normalized spacial score (nSPS) is 22.3. The number of anilines is 1. The summed E-state index contributed by atoms with van der Waals surface area (Å²) in [5.41, 5.74) is 4.77. The first-order valence-electron chi connectivity index (χ1n) is 14.0. The van der Waals surface area contributed by atoms with Gasteiger partial charge < -0.3 is 10.2 Å². The van der Waals surface area contributed by atoms with E-state index in [1.807, 2.05) is 0 Å². The quantitative estimate of drug-likeness (QED) is 0.507. The molecule has 1 aliphatic carbocycles. The molecule has 0 radical (unpaired) electrons. The summed E-state index contributed by atoms with van der Waals surface area (Å²) in [6.45, 7) is 9.39. The van der Waals surface area contributed by atoms with Crippen LogP contribution >= 0.6 is 0 Å². The van der Waals surface area contributed by atoms with Crippen molar-refractivity contribution in [3.8, 4) is 0 Å². The van der Waals surface area contributed by atoms with Crippen LogP contribution in [0.3, 0.4) is 0 Å². The minimum absolute atomic E-state index is 0.0981. The number of piperidine rings is 1. The van der Waals surface area contributed by atoms with Gasteiger partial charge in [-0.25, -0.2) is 0 Å². The maximum atomic E-state index is 13.3. The van der Waals surface area contributed by atoms with Crippen LogP contribution < -0.4 is 10.6 Å². The average Bonchev–Trinajstić information content (AvgIpc) is 3.70. The van der Waals surface area contributed by atoms with E-state index in [1.165, 1.54) is 30.5 Å². The van der Waals surface area contributed by atoms with Crippen molar-refractivity contribution >= 4 is 29.3 Å². The Labute approximate surface area is 228 Å². The van der Waals surface area contributed by atoms with Gasteiger partial charge in [-0.15, -0.1) is 0 Å². The third-order valence-electron chi connectivity index (χ3n) is 8.43. The Morgan fingerprint density at radius 2 is 1.69 bits per heavy atom. The Kier molecular flexibility index (Phi) is 6.95. The number of fused-ring (bicyclic) bond motifs is 1. The molecule has 1 atom stereocenters. The van der Waals surface area contributed by atoms with Crippen LogP contribution in [-0.2, 0) is 22.7 Å². The van der Waals surface area contributed by atoms with Gasteiger partial charge in [0, 0.05) is 57.9 Å². The van der Waals surface area contributed by atoms with Crippen molar-refractivity contribution in [2.45, 2.75) is 51.7 Å². The van der Waals surface area contributed by atoms with E-state index < -0.39 is 23.8 Å². The average molecular weight is 530 g/mol. The number of nitrogens with one attached hydrogen (secondary N) is 2. The zero-order valence-electron chi connectivity index (χ0n) is 22.4. The summed E-state index contributed by atoms with van der Waals surface area (Å²) in [4.78, 5) is 56.5. The lowest BCUT2D eigenvalue weighted by Gasteiger charge is -2.35. The molecule has 1 unspecified atom stereocenters. The highest BCUT2D eigenvalue weighted by Crippen LogP contribution is 2.33. The molecule has 0 bridgehead atoms. The fourth-order valence-electron chi connectivity index (χ4n) is 5.94. The fourth-order valence-corrected chi connectivity index (χ4v) is 5.94. The first kappa shape index (κ1) is 25.7. The van der Waals surface area contributed by atoms with E-state index in [2.05, 4.69) is 45.6 Å². The van der Waals surface area contributed by atoms with Crippen molar-refractivity contribution in [1.29, 1.82) is 0 Å². The van der Waals surface area contributed by atoms with E-state index in [0.717, 1.165) is 49.1 Å². The number of carbonyl (C=O) groups is 4. The lowest BCUT2D eigenvalue weighted by molar-refractivity contribution is -0.136. The molecule has 3 fully saturated rings. The Morgan fingerprint density at radius 3 is 2.41 bits per heavy atom. The van der Waals surface area contributed by atoms with Gasteiger partial charge in [-0.05, 0) is 60.9 Å². The Bertz CT molecular complexity index is 1330. The number of hydrogen-bond donors (Lipinski definition) is 2. The predicted octanol–water partition coefficient (Wildman–Crippen LogP) is 2.54. The molecule has 0 spiro atoms. The van der Waals surface area contributed by atoms with Crippen LogP contribution in [-0.4, -0.2) is 77.1 Å². The Balaban J connectivity index is 1.09. The van der Waals surface area contributed by atoms with Crippen LogP contribution in [0.15, 0.2) is 36.4 Å². The zero-order chi connectivity index (χ0) is 27.1. The summed E-state index contributed by atoms with van der Waals surface area (Å²) < 4.78 is 0. The summed E-state index contributed by atoms with van der Waals surface area (Å²) in [5, 5.41) is 5.57. The SMILES string of the molecule is Cc1cc(CNc2cccc3c2C(=O)N(C2CCC(=O)NC2=O)C3=O)ccc1CN1CCN(CC2CC2)CC1. The largest absolute Gasteiger partial charge is 0.380 e. The van der Waals surface area contributed by atoms with Crippen molar-refractivity contribution in [1.82, 2.24) is 20.0 Å². The molecule has 9 heteroatoms. The molecule has 3 heterocycles. The van der Waals surface area contributed by atoms with Gasteiger partial charge in [0.1, 0.15) is 6.04 Å². The third-order valence-corrected chi connectivity index (χ3v) is 8.43. The molecule has 9 nitrogen and oxygen atoms in total. The van der Waals surface area contributed by atoms with Crippen LogP contribution in [0.5, 0.6) is 0 Å². The molecule has 2 aromatic carbocycles. The smallest absolute Gasteiger partial charge is 0.264 e. The predicted molar refractivity (Wildman–Crippen MR) is 146 cm³/mol. The Hall–Kier alpha value is -3.56. The second kappa shape index (κ2) is 10.5. The molecule has 2 N–H and O–H groups in total. The van der Waals surface area contributed by atoms with Gasteiger partial charge >= 0.3 is 0 Å². The second-order valence-electron chi connectivity index (χ2n) is 11.3. The number of imide groups is 2. The van der Waals surface area contributed by atoms with E-state index in [0.29, 0.717) is 12.2 Å². The van der Waals surface area contributed by atoms with E-state index >= 15 is 0 Å². The highest BCUT2D eigenvalue weighted by atomic mass is 16.2. The minimum atomic E-state index is -0.973. The molecular formula is C30H35N5O4. The monoisotopic (exact) mass is 529 g/mol. The van der Waals surface area contributed by atoms with Gasteiger partial charge in [-0.3, -0.25) is 34.3 Å². The van der Waals surface area contributed by atoms with Crippen molar-refractivity contribution < 1.29 is 19.2 Å². The van der Waals surface area contributed by atoms with Crippen LogP contribution in [0.25, 0.3) is 0 Å². The third kappa shape index (κ3) is 5.33. The molecule has 2 aromatic rings. The number of amides is 4. The fraction of sp³-hybridized carbons (Fsp3) is 0.467. The number of benzene rings is 2. The molecule has 6 rings (SSSR count). The van der Waals surface area contributed by atoms with E-state index in [9.17, 15) is 19.2 Å². The first-order valence-corrected chi connectivity index (χ1v) is 14.0. The molecular weight excluding hydrogens is 494 g/mol. The number of carbonyl (C=O) groups excluding carboxylic acids is 4. The minimum Gasteiger partial charge on any atom is -0.380 e. The molecule has 204 valence electrons. The van der Waals surface area contributed by atoms with Gasteiger partial charge in [0.25, 0.3) is 11.8 Å². The zero-order valence-corrected chi connectivity index (χ0v) is 22.4. The van der Waals surface area contributed by atoms with Crippen LogP contribution in [0.4, 0.5) is 5.69 Å². The van der Waals surface area contributed by atoms with Gasteiger partial charge in [0.15, 0.2) is 0 Å². The number of rotatable bonds is 8. The van der Waals surface area contributed by atoms with Crippen molar-refractivity contribution in [3.05, 3.63) is 64.2 Å². The number of nitrogens with zero attached hydrogens (tertiary/aromatic N) is 3. The van der Waals surface area contributed by atoms with E-state index in [-0.39, 0.29) is 29.9 Å². The number of aryl methyl sites for hydroxylation is 1. The maximum Gasteiger partial charge on any atom is 0.264 e. The Morgan fingerprint density at radius 1 is 0.923 bits per heavy atom. The van der Waals surface area contributed by atoms with Crippen molar-refractivity contribution in [3.63, 3.8) is 0 Å². The lowest BCUT2D eigenvalue weighted by Crippen LogP contribution is -2.54. The lowest BCUT2D eigenvalue weighted by atomic mass is 10.0. The summed E-state index contributed by atoms with van der Waals surface area (Å²) >= 11 is 0. The highest BCUT2D eigenvalue weighted by Gasteiger charge is 2.45. The standard InChI is InChI=1S/C30H35N5O4/c1-19-15-21(7-8-22(19)18-34-13-11-33(12-14-34)17-20-5-6-20)16-31-24-4-2-3-23-27(24)30(39)35(29(23)38)25-9-10-26(36)32-28(25)37/h2-4,7-8,15,20,25,31H,5-6,9-14,16-18H2,1H3,(H,32,36,37). The first-order chi connectivity index (χ1) is 18.9. The van der Waals surface area contributed by atoms with E-state index in [4.69, 9.17) is 0 Å². The molecule has 1 saturated carbocycles. The van der Waals surface area contributed by atoms with Crippen LogP contribution in [0.1, 0.15) is 63.1 Å². The van der Waals surface area contributed by atoms with Crippen LogP contribution in [0, 0.1) is 12.8 Å². The topological polar surface area (TPSA) is 102 Å². The van der Waals surface area contributed by atoms with Crippen LogP contribution in [0.2, 0.25) is 0 Å². The summed E-state index contributed by atoms with van der Waals surface area (Å²) in [7, 11) is 0. The van der Waals surface area contributed by atoms with Gasteiger partial charge in [-0.2, -0.15) is 0 Å². The van der Waals surface area contributed by atoms with Crippen molar-refractivity contribution in [2.75, 3.05) is 38.0 Å². The van der Waals surface area contributed by atoms with Gasteiger partial charge in [0.05, 0.1) is 11.1 Å². The van der Waals surface area contributed by atoms with Gasteiger partial charge in [0.2, 0.25) is 11.8 Å². The van der Waals surface area contributed by atoms with Gasteiger partial charge in [-0.1, -0.05) is 24.3 Å².